The minimum absolute atomic E-state index is 0. The van der Waals surface area contributed by atoms with Gasteiger partial charge in [-0.1, -0.05) is 124 Å². The van der Waals surface area contributed by atoms with Crippen LogP contribution in [0.3, 0.4) is 0 Å². The molecule has 1 aliphatic carbocycles. The summed E-state index contributed by atoms with van der Waals surface area (Å²) in [4.78, 5) is 3.61. The van der Waals surface area contributed by atoms with Gasteiger partial charge in [-0.05, 0) is 65.2 Å². The van der Waals surface area contributed by atoms with Gasteiger partial charge in [0.25, 0.3) is 0 Å². The van der Waals surface area contributed by atoms with E-state index >= 15 is 0 Å². The van der Waals surface area contributed by atoms with Gasteiger partial charge < -0.3 is 9.73 Å². The number of rotatable bonds is 1. The van der Waals surface area contributed by atoms with Gasteiger partial charge in [-0.15, -0.1) is 8.58 Å². The van der Waals surface area contributed by atoms with Gasteiger partial charge in [-0.25, -0.2) is 0 Å². The smallest absolute Gasteiger partial charge is 0.0351 e. The van der Waals surface area contributed by atoms with Crippen LogP contribution in [0.15, 0.2) is 27.8 Å². The van der Waals surface area contributed by atoms with Crippen LogP contribution in [0.25, 0.3) is 0 Å². The second-order valence-corrected chi connectivity index (χ2v) is 7.25. The van der Waals surface area contributed by atoms with Crippen molar-refractivity contribution in [1.82, 2.24) is 0 Å². The highest BCUT2D eigenvalue weighted by Gasteiger charge is 2.13. The zero-order chi connectivity index (χ0) is 23.3. The van der Waals surface area contributed by atoms with Crippen molar-refractivity contribution in [2.24, 2.45) is 10.9 Å². The van der Waals surface area contributed by atoms with Crippen molar-refractivity contribution in [3.8, 4) is 0 Å². The monoisotopic (exact) mass is 552 g/mol. The van der Waals surface area contributed by atoms with Gasteiger partial charge in [0.15, 0.2) is 0 Å². The van der Waals surface area contributed by atoms with Crippen LogP contribution in [0.5, 0.6) is 0 Å². The summed E-state index contributed by atoms with van der Waals surface area (Å²) in [6, 6.07) is 0. The highest BCUT2D eigenvalue weighted by Crippen LogP contribution is 2.29. The Bertz CT molecular complexity index is 307. The van der Waals surface area contributed by atoms with Gasteiger partial charge in [0.2, 0.25) is 0 Å². The van der Waals surface area contributed by atoms with Crippen LogP contribution in [0.1, 0.15) is 129 Å². The molecule has 2 unspecified atom stereocenters. The highest BCUT2D eigenvalue weighted by molar-refractivity contribution is 7.97. The second kappa shape index (κ2) is 103. The molecule has 0 spiro atoms. The van der Waals surface area contributed by atoms with Crippen molar-refractivity contribution < 1.29 is 4.74 Å². The lowest BCUT2D eigenvalue weighted by molar-refractivity contribution is 0.277. The Morgan fingerprint density at radius 3 is 1.11 bits per heavy atom. The molecule has 0 heterocycles. The van der Waals surface area contributed by atoms with E-state index in [4.69, 9.17) is 0 Å². The lowest BCUT2D eigenvalue weighted by Crippen LogP contribution is -1.91. The summed E-state index contributed by atoms with van der Waals surface area (Å²) < 4.78 is 4.25. The first-order valence-corrected chi connectivity index (χ1v) is 13.3. The number of hydrogen-bond acceptors (Lipinski definition) is 3. The molecule has 35 heavy (non-hydrogen) atoms. The number of allylic oxidation sites excluding steroid dienone is 4. The predicted octanol–water partition coefficient (Wildman–Crippen LogP) is 13.3. The molecule has 0 fully saturated rings. The molecule has 1 rings (SSSR count). The molecular formula is C31H86NOPS. The van der Waals surface area contributed by atoms with Crippen molar-refractivity contribution in [3.63, 3.8) is 0 Å². The fourth-order valence-corrected chi connectivity index (χ4v) is 1.26. The molecular weight excluding hydrogens is 465 g/mol. The lowest BCUT2D eigenvalue weighted by Gasteiger charge is -2.05. The Balaban J connectivity index is -0.0000000127. The molecule has 0 bridgehead atoms. The summed E-state index contributed by atoms with van der Waals surface area (Å²) >= 11 is 1.75. The minimum Gasteiger partial charge on any atom is -0.388 e. The summed E-state index contributed by atoms with van der Waals surface area (Å²) in [5, 5.41) is 0. The molecule has 0 aromatic rings. The molecule has 4 heteroatoms. The molecule has 0 radical (unpaired) electrons. The van der Waals surface area contributed by atoms with Crippen LogP contribution in [0.4, 0.5) is 0 Å². The summed E-state index contributed by atoms with van der Waals surface area (Å²) in [7, 11) is 6.14. The van der Waals surface area contributed by atoms with Gasteiger partial charge in [0.05, 0.1) is 0 Å². The van der Waals surface area contributed by atoms with Crippen molar-refractivity contribution in [2.45, 2.75) is 129 Å². The van der Waals surface area contributed by atoms with Gasteiger partial charge in [0.1, 0.15) is 0 Å². The number of aliphatic imine (C=N–C) groups is 1. The number of methoxy groups -OCH3 is 1. The van der Waals surface area contributed by atoms with Crippen LogP contribution in [0, 0.1) is 5.92 Å². The molecule has 0 amide bonds. The van der Waals surface area contributed by atoms with E-state index in [0.29, 0.717) is 5.92 Å². The average molecular weight is 552 g/mol. The quantitative estimate of drug-likeness (QED) is 0.239. The SMILES string of the molecule is C.C.C.C.C.C.C.C.CC.CC.CC1=CC(C)=C(C)C1C.CC=NC.CCPC.COC.CSC. The third-order valence-electron chi connectivity index (χ3n) is 3.01. The zero-order valence-corrected chi connectivity index (χ0v) is 23.5. The Kier molecular flexibility index (Phi) is 270. The Morgan fingerprint density at radius 1 is 0.886 bits per heavy atom. The molecule has 0 aromatic heterocycles. The van der Waals surface area contributed by atoms with Crippen LogP contribution in [0.2, 0.25) is 0 Å². The average Bonchev–Trinajstić information content (AvgIpc) is 2.92. The lowest BCUT2D eigenvalue weighted by atomic mass is 10.0. The number of thioether (sulfide) groups is 1. The summed E-state index contributed by atoms with van der Waals surface area (Å²) in [6.07, 6.45) is 9.46. The van der Waals surface area contributed by atoms with Gasteiger partial charge >= 0.3 is 0 Å². The van der Waals surface area contributed by atoms with E-state index in [1.54, 1.807) is 39.2 Å². The highest BCUT2D eigenvalue weighted by atomic mass is 32.2. The normalized spacial score (nSPS) is 10.6. The summed E-state index contributed by atoms with van der Waals surface area (Å²) in [5.74, 6) is 0.699. The number of ether oxygens (including phenoxy) is 1. The third kappa shape index (κ3) is 108. The van der Waals surface area contributed by atoms with E-state index in [-0.39, 0.29) is 59.4 Å². The van der Waals surface area contributed by atoms with Crippen LogP contribution in [-0.2, 0) is 4.74 Å². The molecule has 0 aliphatic heterocycles. The topological polar surface area (TPSA) is 21.6 Å². The maximum Gasteiger partial charge on any atom is 0.0351 e. The van der Waals surface area contributed by atoms with Gasteiger partial charge in [-0.2, -0.15) is 11.8 Å². The van der Waals surface area contributed by atoms with E-state index < -0.39 is 0 Å². The van der Waals surface area contributed by atoms with E-state index in [1.165, 1.54) is 22.9 Å². The van der Waals surface area contributed by atoms with E-state index in [9.17, 15) is 0 Å². The number of hydrogen-bond donors (Lipinski definition) is 0. The first-order valence-electron chi connectivity index (χ1n) is 9.96. The largest absolute Gasteiger partial charge is 0.388 e. The molecule has 2 nitrogen and oxygen atoms in total. The molecule has 0 aromatic carbocycles. The van der Waals surface area contributed by atoms with E-state index in [1.807, 2.05) is 47.1 Å². The third-order valence-corrected chi connectivity index (χ3v) is 3.72. The molecule has 1 aliphatic rings. The molecule has 232 valence electrons. The summed E-state index contributed by atoms with van der Waals surface area (Å²) in [5.41, 5.74) is 4.50. The Morgan fingerprint density at radius 2 is 1.09 bits per heavy atom. The van der Waals surface area contributed by atoms with Gasteiger partial charge in [0, 0.05) is 21.3 Å². The first-order chi connectivity index (χ1) is 12.8. The van der Waals surface area contributed by atoms with Crippen LogP contribution >= 0.6 is 20.3 Å². The summed E-state index contributed by atoms with van der Waals surface area (Å²) in [6.45, 7) is 23.1. The Labute approximate surface area is 239 Å². The number of nitrogens with zero attached hydrogens (tertiary/aromatic N) is 1. The fraction of sp³-hybridized carbons (Fsp3) is 0.839. The van der Waals surface area contributed by atoms with Gasteiger partial charge in [-0.3, -0.25) is 0 Å². The molecule has 0 N–H and O–H groups in total. The van der Waals surface area contributed by atoms with E-state index in [2.05, 4.69) is 57.1 Å². The maximum absolute atomic E-state index is 4.25. The van der Waals surface area contributed by atoms with Crippen molar-refractivity contribution in [1.29, 1.82) is 0 Å². The standard InChI is InChI=1S/C9H14.C3H7N.C3H9P.C2H6O.C2H6S.2C2H6.8CH4/c1-6-5-7(2)9(4)8(6)3;2*1-3-4-2;2*1-3-2;2*1-2;;;;;;;;/h5,8H,1-4H3;3H,1-2H3;4H,3H2,1-2H3;2*1-2H3;2*1-2H3;8*1H4. The Hall–Kier alpha value is -0.110. The van der Waals surface area contributed by atoms with E-state index in [0.717, 1.165) is 8.58 Å². The molecule has 0 saturated carbocycles. The molecule has 2 atom stereocenters. The first kappa shape index (κ1) is 91.8. The second-order valence-electron chi connectivity index (χ2n) is 5.02. The van der Waals surface area contributed by atoms with Crippen LogP contribution < -0.4 is 0 Å². The van der Waals surface area contributed by atoms with Crippen molar-refractivity contribution >= 4 is 26.6 Å². The zero-order valence-electron chi connectivity index (χ0n) is 21.7. The van der Waals surface area contributed by atoms with Crippen molar-refractivity contribution in [2.75, 3.05) is 46.6 Å². The fourth-order valence-electron chi connectivity index (χ4n) is 1.26. The minimum atomic E-state index is 0. The van der Waals surface area contributed by atoms with Crippen molar-refractivity contribution in [3.05, 3.63) is 22.8 Å². The maximum atomic E-state index is 4.25. The molecule has 0 saturated heterocycles. The van der Waals surface area contributed by atoms with Crippen LogP contribution in [-0.4, -0.2) is 52.8 Å². The predicted molar refractivity (Wildman–Crippen MR) is 195 cm³/mol.